The molecule has 1 saturated carbocycles. The van der Waals surface area contributed by atoms with Gasteiger partial charge in [0, 0.05) is 12.1 Å². The lowest BCUT2D eigenvalue weighted by Crippen LogP contribution is -2.45. The van der Waals surface area contributed by atoms with Crippen molar-refractivity contribution in [1.29, 1.82) is 0 Å². The van der Waals surface area contributed by atoms with Gasteiger partial charge in [-0.25, -0.2) is 0 Å². The second-order valence-electron chi connectivity index (χ2n) is 8.31. The predicted molar refractivity (Wildman–Crippen MR) is 92.4 cm³/mol. The molecule has 21 heavy (non-hydrogen) atoms. The third-order valence-electron chi connectivity index (χ3n) is 4.96. The first-order valence-electron chi connectivity index (χ1n) is 8.68. The Bertz CT molecular complexity index is 407. The smallest absolute Gasteiger partial charge is 0.0327 e. The second-order valence-corrected chi connectivity index (χ2v) is 8.31. The van der Waals surface area contributed by atoms with Crippen LogP contribution in [0.2, 0.25) is 0 Å². The van der Waals surface area contributed by atoms with Gasteiger partial charge in [0.25, 0.3) is 0 Å². The third-order valence-corrected chi connectivity index (χ3v) is 4.96. The number of benzene rings is 1. The van der Waals surface area contributed by atoms with Crippen LogP contribution >= 0.6 is 0 Å². The molecular formula is C20H33N. The summed E-state index contributed by atoms with van der Waals surface area (Å²) < 4.78 is 0. The van der Waals surface area contributed by atoms with E-state index in [0.29, 0.717) is 17.5 Å². The molecule has 0 aliphatic heterocycles. The standard InChI is InChI=1S/C20H33N/c1-15-10-9-11-16(2)19(15)21-18(14-20(3,4)5)17-12-7-6-8-13-17/h6-8,12-13,15-16,18-19,21H,9-11,14H2,1-5H3. The number of rotatable bonds is 4. The van der Waals surface area contributed by atoms with Crippen molar-refractivity contribution in [2.75, 3.05) is 0 Å². The van der Waals surface area contributed by atoms with Gasteiger partial charge in [0.2, 0.25) is 0 Å². The SMILES string of the molecule is CC1CCCC(C)C1NC(CC(C)(C)C)c1ccccc1. The maximum Gasteiger partial charge on any atom is 0.0327 e. The molecule has 1 N–H and O–H groups in total. The molecule has 0 bridgehead atoms. The summed E-state index contributed by atoms with van der Waals surface area (Å²) in [5, 5.41) is 4.03. The van der Waals surface area contributed by atoms with E-state index in [9.17, 15) is 0 Å². The Morgan fingerprint density at radius 2 is 1.62 bits per heavy atom. The van der Waals surface area contributed by atoms with Gasteiger partial charge in [-0.3, -0.25) is 0 Å². The highest BCUT2D eigenvalue weighted by Crippen LogP contribution is 2.34. The van der Waals surface area contributed by atoms with Crippen molar-refractivity contribution in [1.82, 2.24) is 5.32 Å². The maximum absolute atomic E-state index is 4.03. The molecular weight excluding hydrogens is 254 g/mol. The minimum absolute atomic E-state index is 0.342. The molecule has 1 aromatic rings. The van der Waals surface area contributed by atoms with Gasteiger partial charge in [0.15, 0.2) is 0 Å². The van der Waals surface area contributed by atoms with Crippen molar-refractivity contribution >= 4 is 0 Å². The molecule has 1 fully saturated rings. The molecule has 3 atom stereocenters. The molecule has 1 aliphatic carbocycles. The summed E-state index contributed by atoms with van der Waals surface area (Å²) in [5.41, 5.74) is 1.78. The summed E-state index contributed by atoms with van der Waals surface area (Å²) in [7, 11) is 0. The lowest BCUT2D eigenvalue weighted by molar-refractivity contribution is 0.175. The molecule has 0 amide bonds. The highest BCUT2D eigenvalue weighted by atomic mass is 15.0. The van der Waals surface area contributed by atoms with E-state index in [1.165, 1.54) is 31.2 Å². The Hall–Kier alpha value is -0.820. The summed E-state index contributed by atoms with van der Waals surface area (Å²) in [6.45, 7) is 11.9. The Balaban J connectivity index is 2.15. The highest BCUT2D eigenvalue weighted by molar-refractivity contribution is 5.19. The first kappa shape index (κ1) is 16.5. The molecule has 1 nitrogen and oxygen atoms in total. The average Bonchev–Trinajstić information content (AvgIpc) is 2.41. The summed E-state index contributed by atoms with van der Waals surface area (Å²) in [5.74, 6) is 1.58. The molecule has 0 radical (unpaired) electrons. The fourth-order valence-corrected chi connectivity index (χ4v) is 3.81. The van der Waals surface area contributed by atoms with Crippen LogP contribution < -0.4 is 5.32 Å². The fourth-order valence-electron chi connectivity index (χ4n) is 3.81. The molecule has 0 saturated heterocycles. The number of hydrogen-bond donors (Lipinski definition) is 1. The lowest BCUT2D eigenvalue weighted by Gasteiger charge is -2.39. The van der Waals surface area contributed by atoms with Crippen molar-refractivity contribution in [3.63, 3.8) is 0 Å². The second kappa shape index (κ2) is 6.96. The van der Waals surface area contributed by atoms with Crippen molar-refractivity contribution in [2.45, 2.75) is 72.4 Å². The monoisotopic (exact) mass is 287 g/mol. The topological polar surface area (TPSA) is 12.0 Å². The molecule has 2 rings (SSSR count). The zero-order chi connectivity index (χ0) is 15.5. The van der Waals surface area contributed by atoms with Gasteiger partial charge < -0.3 is 5.32 Å². The number of hydrogen-bond acceptors (Lipinski definition) is 1. The van der Waals surface area contributed by atoms with Crippen LogP contribution in [0.15, 0.2) is 30.3 Å². The molecule has 118 valence electrons. The zero-order valence-corrected chi connectivity index (χ0v) is 14.5. The van der Waals surface area contributed by atoms with Crippen LogP contribution in [0.1, 0.15) is 71.9 Å². The van der Waals surface area contributed by atoms with Gasteiger partial charge in [-0.1, -0.05) is 71.4 Å². The van der Waals surface area contributed by atoms with E-state index >= 15 is 0 Å². The van der Waals surface area contributed by atoms with Crippen LogP contribution in [-0.2, 0) is 0 Å². The van der Waals surface area contributed by atoms with Crippen molar-refractivity contribution in [3.8, 4) is 0 Å². The summed E-state index contributed by atoms with van der Waals surface area (Å²) in [6.07, 6.45) is 5.33. The van der Waals surface area contributed by atoms with Crippen molar-refractivity contribution in [3.05, 3.63) is 35.9 Å². The van der Waals surface area contributed by atoms with E-state index in [4.69, 9.17) is 0 Å². The van der Waals surface area contributed by atoms with Crippen LogP contribution in [-0.4, -0.2) is 6.04 Å². The van der Waals surface area contributed by atoms with Crippen LogP contribution in [0.4, 0.5) is 0 Å². The van der Waals surface area contributed by atoms with E-state index in [2.05, 4.69) is 70.3 Å². The first-order chi connectivity index (χ1) is 9.87. The predicted octanol–water partition coefficient (Wildman–Crippen LogP) is 5.58. The van der Waals surface area contributed by atoms with E-state index in [1.54, 1.807) is 0 Å². The quantitative estimate of drug-likeness (QED) is 0.762. The molecule has 3 unspecified atom stereocenters. The summed E-state index contributed by atoms with van der Waals surface area (Å²) in [6, 6.07) is 12.1. The minimum Gasteiger partial charge on any atom is -0.307 e. The summed E-state index contributed by atoms with van der Waals surface area (Å²) in [4.78, 5) is 0. The Morgan fingerprint density at radius 1 is 1.05 bits per heavy atom. The largest absolute Gasteiger partial charge is 0.307 e. The molecule has 1 aliphatic rings. The molecule has 0 spiro atoms. The maximum atomic E-state index is 4.03. The third kappa shape index (κ3) is 4.85. The minimum atomic E-state index is 0.342. The van der Waals surface area contributed by atoms with Crippen molar-refractivity contribution < 1.29 is 0 Å². The zero-order valence-electron chi connectivity index (χ0n) is 14.5. The van der Waals surface area contributed by atoms with Gasteiger partial charge in [-0.05, 0) is 42.1 Å². The highest BCUT2D eigenvalue weighted by Gasteiger charge is 2.31. The first-order valence-corrected chi connectivity index (χ1v) is 8.68. The van der Waals surface area contributed by atoms with Crippen molar-refractivity contribution in [2.24, 2.45) is 17.3 Å². The Labute approximate surface area is 131 Å². The Kier molecular flexibility index (Phi) is 5.48. The van der Waals surface area contributed by atoms with Gasteiger partial charge in [0.05, 0.1) is 0 Å². The van der Waals surface area contributed by atoms with Gasteiger partial charge in [0.1, 0.15) is 0 Å². The van der Waals surface area contributed by atoms with E-state index < -0.39 is 0 Å². The van der Waals surface area contributed by atoms with E-state index in [1.807, 2.05) is 0 Å². The molecule has 1 heteroatoms. The normalized spacial score (nSPS) is 28.3. The fraction of sp³-hybridized carbons (Fsp3) is 0.700. The van der Waals surface area contributed by atoms with Gasteiger partial charge in [-0.2, -0.15) is 0 Å². The summed E-state index contributed by atoms with van der Waals surface area (Å²) >= 11 is 0. The Morgan fingerprint density at radius 3 is 2.14 bits per heavy atom. The van der Waals surface area contributed by atoms with Crippen LogP contribution in [0.3, 0.4) is 0 Å². The number of nitrogens with one attached hydrogen (secondary N) is 1. The van der Waals surface area contributed by atoms with Crippen LogP contribution in [0.5, 0.6) is 0 Å². The molecule has 0 aromatic heterocycles. The van der Waals surface area contributed by atoms with E-state index in [0.717, 1.165) is 11.8 Å². The average molecular weight is 287 g/mol. The van der Waals surface area contributed by atoms with Gasteiger partial charge in [-0.15, -0.1) is 0 Å². The van der Waals surface area contributed by atoms with Crippen LogP contribution in [0.25, 0.3) is 0 Å². The molecule has 1 aromatic carbocycles. The lowest BCUT2D eigenvalue weighted by atomic mass is 9.77. The van der Waals surface area contributed by atoms with Crippen LogP contribution in [0, 0.1) is 17.3 Å². The molecule has 0 heterocycles. The van der Waals surface area contributed by atoms with Gasteiger partial charge >= 0.3 is 0 Å². The van der Waals surface area contributed by atoms with E-state index in [-0.39, 0.29) is 0 Å².